The number of carbonyl (C=O) groups is 1. The highest BCUT2D eigenvalue weighted by molar-refractivity contribution is 5.94. The van der Waals surface area contributed by atoms with Crippen LogP contribution in [0.4, 0.5) is 0 Å². The molecule has 35 heavy (non-hydrogen) atoms. The van der Waals surface area contributed by atoms with Crippen LogP contribution in [0.5, 0.6) is 0 Å². The molecule has 3 atom stereocenters. The summed E-state index contributed by atoms with van der Waals surface area (Å²) in [6.07, 6.45) is 5.91. The molecule has 0 aromatic heterocycles. The van der Waals surface area contributed by atoms with Gasteiger partial charge in [0.15, 0.2) is 0 Å². The third-order valence-corrected chi connectivity index (χ3v) is 8.35. The van der Waals surface area contributed by atoms with E-state index in [1.54, 1.807) is 0 Å². The van der Waals surface area contributed by atoms with Crippen LogP contribution >= 0.6 is 0 Å². The van der Waals surface area contributed by atoms with Gasteiger partial charge in [-0.1, -0.05) is 78.9 Å². The number of nitrogens with zero attached hydrogens (tertiary/aromatic N) is 2. The lowest BCUT2D eigenvalue weighted by Gasteiger charge is -2.35. The lowest BCUT2D eigenvalue weighted by atomic mass is 9.86. The highest BCUT2D eigenvalue weighted by Gasteiger charge is 2.39. The topological polar surface area (TPSA) is 23.6 Å². The molecule has 5 rings (SSSR count). The number of carbonyl (C=O) groups excluding carboxylic acids is 1. The lowest BCUT2D eigenvalue weighted by molar-refractivity contribution is 0.0728. The molecule has 0 spiro atoms. The molecule has 2 aliphatic rings. The number of rotatable bonds is 7. The number of piperidine rings is 1. The van der Waals surface area contributed by atoms with E-state index in [-0.39, 0.29) is 11.9 Å². The highest BCUT2D eigenvalue weighted by Crippen LogP contribution is 2.42. The Labute approximate surface area is 210 Å². The van der Waals surface area contributed by atoms with Crippen LogP contribution in [0.25, 0.3) is 0 Å². The standard InChI is InChI=1S/C32H38N2O/c1-33(32(35)28-15-9-4-10-16-28)30-22-29(31(23-30)27-13-7-3-8-14-27)24-34-19-17-26(18-20-34)21-25-11-5-2-6-12-25/h2-16,26,29-31H,17-24H2,1H3. The molecule has 3 aromatic carbocycles. The monoisotopic (exact) mass is 466 g/mol. The molecule has 1 heterocycles. The van der Waals surface area contributed by atoms with Crippen LogP contribution in [0.15, 0.2) is 91.0 Å². The maximum Gasteiger partial charge on any atom is 0.253 e. The van der Waals surface area contributed by atoms with Crippen LogP contribution in [-0.2, 0) is 6.42 Å². The number of likely N-dealkylation sites (tertiary alicyclic amines) is 1. The van der Waals surface area contributed by atoms with Gasteiger partial charge in [-0.05, 0) is 86.2 Å². The van der Waals surface area contributed by atoms with E-state index in [1.165, 1.54) is 43.5 Å². The minimum atomic E-state index is 0.143. The second-order valence-electron chi connectivity index (χ2n) is 10.6. The third kappa shape index (κ3) is 5.85. The zero-order valence-electron chi connectivity index (χ0n) is 20.9. The van der Waals surface area contributed by atoms with Gasteiger partial charge in [0.05, 0.1) is 0 Å². The first-order valence-corrected chi connectivity index (χ1v) is 13.3. The zero-order valence-corrected chi connectivity index (χ0v) is 20.9. The lowest BCUT2D eigenvalue weighted by Crippen LogP contribution is -2.39. The quantitative estimate of drug-likeness (QED) is 0.409. The third-order valence-electron chi connectivity index (χ3n) is 8.35. The van der Waals surface area contributed by atoms with Gasteiger partial charge < -0.3 is 9.80 Å². The summed E-state index contributed by atoms with van der Waals surface area (Å²) >= 11 is 0. The van der Waals surface area contributed by atoms with E-state index in [0.717, 1.165) is 30.9 Å². The first-order chi connectivity index (χ1) is 17.2. The van der Waals surface area contributed by atoms with Gasteiger partial charge in [0.25, 0.3) is 5.91 Å². The van der Waals surface area contributed by atoms with Crippen LogP contribution in [-0.4, -0.2) is 48.4 Å². The predicted molar refractivity (Wildman–Crippen MR) is 144 cm³/mol. The van der Waals surface area contributed by atoms with Gasteiger partial charge in [-0.25, -0.2) is 0 Å². The fourth-order valence-electron chi connectivity index (χ4n) is 6.32. The Morgan fingerprint density at radius 3 is 2.09 bits per heavy atom. The molecular weight excluding hydrogens is 428 g/mol. The van der Waals surface area contributed by atoms with E-state index in [0.29, 0.717) is 11.8 Å². The minimum Gasteiger partial charge on any atom is -0.339 e. The number of amides is 1. The highest BCUT2D eigenvalue weighted by atomic mass is 16.2. The van der Waals surface area contributed by atoms with Gasteiger partial charge in [-0.3, -0.25) is 4.79 Å². The van der Waals surface area contributed by atoms with E-state index >= 15 is 0 Å². The van der Waals surface area contributed by atoms with E-state index < -0.39 is 0 Å². The van der Waals surface area contributed by atoms with E-state index in [1.807, 2.05) is 42.3 Å². The molecule has 182 valence electrons. The van der Waals surface area contributed by atoms with Crippen molar-refractivity contribution in [2.45, 2.75) is 44.1 Å². The van der Waals surface area contributed by atoms with Crippen LogP contribution < -0.4 is 0 Å². The minimum absolute atomic E-state index is 0.143. The smallest absolute Gasteiger partial charge is 0.253 e. The van der Waals surface area contributed by atoms with Crippen molar-refractivity contribution in [2.75, 3.05) is 26.7 Å². The molecule has 2 fully saturated rings. The molecular formula is C32H38N2O. The summed E-state index contributed by atoms with van der Waals surface area (Å²) < 4.78 is 0. The Morgan fingerprint density at radius 2 is 1.43 bits per heavy atom. The van der Waals surface area contributed by atoms with Gasteiger partial charge in [0.2, 0.25) is 0 Å². The largest absolute Gasteiger partial charge is 0.339 e. The summed E-state index contributed by atoms with van der Waals surface area (Å²) in [5, 5.41) is 0. The molecule has 3 heteroatoms. The predicted octanol–water partition coefficient (Wildman–Crippen LogP) is 6.28. The Morgan fingerprint density at radius 1 is 0.829 bits per heavy atom. The van der Waals surface area contributed by atoms with Gasteiger partial charge >= 0.3 is 0 Å². The molecule has 3 unspecified atom stereocenters. The van der Waals surface area contributed by atoms with Crippen molar-refractivity contribution in [3.8, 4) is 0 Å². The van der Waals surface area contributed by atoms with Crippen molar-refractivity contribution in [1.29, 1.82) is 0 Å². The van der Waals surface area contributed by atoms with Crippen LogP contribution in [0, 0.1) is 11.8 Å². The molecule has 1 aliphatic heterocycles. The van der Waals surface area contributed by atoms with E-state index in [2.05, 4.69) is 65.6 Å². The van der Waals surface area contributed by atoms with E-state index in [4.69, 9.17) is 0 Å². The Balaban J connectivity index is 1.23. The average Bonchev–Trinajstić information content (AvgIpc) is 3.34. The molecule has 1 saturated heterocycles. The van der Waals surface area contributed by atoms with Crippen molar-refractivity contribution in [3.63, 3.8) is 0 Å². The Bertz CT molecular complexity index is 1060. The first kappa shape index (κ1) is 23.8. The van der Waals surface area contributed by atoms with Crippen LogP contribution in [0.3, 0.4) is 0 Å². The Hall–Kier alpha value is -2.91. The number of hydrogen-bond donors (Lipinski definition) is 0. The van der Waals surface area contributed by atoms with Gasteiger partial charge in [0.1, 0.15) is 0 Å². The summed E-state index contributed by atoms with van der Waals surface area (Å²) in [6.45, 7) is 3.53. The normalized spacial score (nSPS) is 23.3. The second kappa shape index (κ2) is 11.2. The Kier molecular flexibility index (Phi) is 7.63. The van der Waals surface area contributed by atoms with Crippen LogP contribution in [0.1, 0.15) is 53.1 Å². The van der Waals surface area contributed by atoms with Crippen molar-refractivity contribution in [2.24, 2.45) is 11.8 Å². The molecule has 1 amide bonds. The maximum absolute atomic E-state index is 13.2. The number of benzene rings is 3. The van der Waals surface area contributed by atoms with Crippen molar-refractivity contribution < 1.29 is 4.79 Å². The zero-order chi connectivity index (χ0) is 24.0. The SMILES string of the molecule is CN(C(=O)c1ccccc1)C1CC(CN2CCC(Cc3ccccc3)CC2)C(c2ccccc2)C1. The van der Waals surface area contributed by atoms with E-state index in [9.17, 15) is 4.79 Å². The van der Waals surface area contributed by atoms with Gasteiger partial charge in [-0.15, -0.1) is 0 Å². The molecule has 1 saturated carbocycles. The summed E-state index contributed by atoms with van der Waals surface area (Å²) in [7, 11) is 2.00. The average molecular weight is 467 g/mol. The maximum atomic E-state index is 13.2. The number of hydrogen-bond acceptors (Lipinski definition) is 2. The summed E-state index contributed by atoms with van der Waals surface area (Å²) in [5.41, 5.74) is 3.69. The fraction of sp³-hybridized carbons (Fsp3) is 0.406. The summed E-state index contributed by atoms with van der Waals surface area (Å²) in [4.78, 5) is 17.9. The molecule has 0 bridgehead atoms. The molecule has 3 nitrogen and oxygen atoms in total. The van der Waals surface area contributed by atoms with Crippen molar-refractivity contribution in [1.82, 2.24) is 9.80 Å². The van der Waals surface area contributed by atoms with Crippen LogP contribution in [0.2, 0.25) is 0 Å². The van der Waals surface area contributed by atoms with Gasteiger partial charge in [0, 0.05) is 25.2 Å². The first-order valence-electron chi connectivity index (χ1n) is 13.3. The molecule has 0 N–H and O–H groups in total. The molecule has 1 aliphatic carbocycles. The molecule has 0 radical (unpaired) electrons. The summed E-state index contributed by atoms with van der Waals surface area (Å²) in [5.74, 6) is 2.03. The summed E-state index contributed by atoms with van der Waals surface area (Å²) in [6, 6.07) is 32.0. The van der Waals surface area contributed by atoms with Crippen molar-refractivity contribution in [3.05, 3.63) is 108 Å². The second-order valence-corrected chi connectivity index (χ2v) is 10.6. The van der Waals surface area contributed by atoms with Gasteiger partial charge in [-0.2, -0.15) is 0 Å². The molecule has 3 aromatic rings. The fourth-order valence-corrected chi connectivity index (χ4v) is 6.32. The van der Waals surface area contributed by atoms with Crippen molar-refractivity contribution >= 4 is 5.91 Å².